The molecule has 0 saturated carbocycles. The minimum absolute atomic E-state index is 0.0189. The monoisotopic (exact) mass is 428 g/mol. The Morgan fingerprint density at radius 3 is 2.26 bits per heavy atom. The van der Waals surface area contributed by atoms with Crippen LogP contribution in [0.3, 0.4) is 0 Å². The van der Waals surface area contributed by atoms with Gasteiger partial charge in [0.25, 0.3) is 0 Å². The van der Waals surface area contributed by atoms with E-state index in [1.165, 1.54) is 0 Å². The number of hydrogen-bond acceptors (Lipinski definition) is 5. The summed E-state index contributed by atoms with van der Waals surface area (Å²) >= 11 is 0. The number of pyridine rings is 1. The number of urea groups is 1. The SMILES string of the molecule is NC(=O)C1CCCN(c2ccc(NC(=O)C3CCN(C(=O)N4CCCC4)CC3)cn2)C1. The van der Waals surface area contributed by atoms with Crippen LogP contribution >= 0.6 is 0 Å². The van der Waals surface area contributed by atoms with Crippen LogP contribution in [-0.4, -0.2) is 71.9 Å². The van der Waals surface area contributed by atoms with Crippen molar-refractivity contribution in [1.29, 1.82) is 0 Å². The van der Waals surface area contributed by atoms with Crippen LogP contribution in [0.15, 0.2) is 18.3 Å². The van der Waals surface area contributed by atoms with Crippen molar-refractivity contribution in [3.63, 3.8) is 0 Å². The summed E-state index contributed by atoms with van der Waals surface area (Å²) in [6.07, 6.45) is 6.92. The zero-order valence-corrected chi connectivity index (χ0v) is 18.0. The second-order valence-electron chi connectivity index (χ2n) is 8.82. The molecule has 1 unspecified atom stereocenters. The van der Waals surface area contributed by atoms with Crippen molar-refractivity contribution in [3.8, 4) is 0 Å². The molecule has 0 aliphatic carbocycles. The predicted octanol–water partition coefficient (Wildman–Crippen LogP) is 1.65. The number of nitrogens with one attached hydrogen (secondary N) is 1. The number of aromatic nitrogens is 1. The van der Waals surface area contributed by atoms with E-state index >= 15 is 0 Å². The fourth-order valence-corrected chi connectivity index (χ4v) is 4.75. The average molecular weight is 429 g/mol. The number of likely N-dealkylation sites (tertiary alicyclic amines) is 2. The lowest BCUT2D eigenvalue weighted by Crippen LogP contribution is -2.47. The Bertz CT molecular complexity index is 800. The fourth-order valence-electron chi connectivity index (χ4n) is 4.75. The van der Waals surface area contributed by atoms with Crippen LogP contribution in [0.4, 0.5) is 16.3 Å². The minimum atomic E-state index is -0.262. The minimum Gasteiger partial charge on any atom is -0.369 e. The van der Waals surface area contributed by atoms with Crippen molar-refractivity contribution in [3.05, 3.63) is 18.3 Å². The summed E-state index contributed by atoms with van der Waals surface area (Å²) in [6, 6.07) is 3.84. The first-order valence-corrected chi connectivity index (χ1v) is 11.4. The molecule has 3 aliphatic rings. The molecule has 1 aromatic rings. The van der Waals surface area contributed by atoms with Crippen LogP contribution in [0.2, 0.25) is 0 Å². The molecule has 1 aromatic heterocycles. The zero-order chi connectivity index (χ0) is 21.8. The lowest BCUT2D eigenvalue weighted by molar-refractivity contribution is -0.122. The molecule has 9 nitrogen and oxygen atoms in total. The molecule has 0 aromatic carbocycles. The molecule has 3 N–H and O–H groups in total. The largest absolute Gasteiger partial charge is 0.369 e. The highest BCUT2D eigenvalue weighted by Crippen LogP contribution is 2.24. The van der Waals surface area contributed by atoms with Crippen molar-refractivity contribution >= 4 is 29.4 Å². The summed E-state index contributed by atoms with van der Waals surface area (Å²) < 4.78 is 0. The maximum absolute atomic E-state index is 12.7. The lowest BCUT2D eigenvalue weighted by Gasteiger charge is -2.34. The van der Waals surface area contributed by atoms with E-state index in [2.05, 4.69) is 15.2 Å². The standard InChI is InChI=1S/C22H32N6O3/c23-20(29)17-4-3-11-28(15-17)19-6-5-18(14-24-19)25-21(30)16-7-12-27(13-8-16)22(31)26-9-1-2-10-26/h5-6,14,16-17H,1-4,7-13,15H2,(H2,23,29)(H,25,30). The molecule has 0 bridgehead atoms. The van der Waals surface area contributed by atoms with Gasteiger partial charge in [-0.3, -0.25) is 9.59 Å². The smallest absolute Gasteiger partial charge is 0.319 e. The number of anilines is 2. The van der Waals surface area contributed by atoms with Crippen molar-refractivity contribution in [2.45, 2.75) is 38.5 Å². The van der Waals surface area contributed by atoms with Gasteiger partial charge in [0.05, 0.1) is 17.8 Å². The Balaban J connectivity index is 1.26. The number of nitrogens with two attached hydrogens (primary N) is 1. The summed E-state index contributed by atoms with van der Waals surface area (Å²) in [5.41, 5.74) is 6.12. The van der Waals surface area contributed by atoms with Crippen LogP contribution in [-0.2, 0) is 9.59 Å². The molecule has 3 fully saturated rings. The summed E-state index contributed by atoms with van der Waals surface area (Å²) in [7, 11) is 0. The Kier molecular flexibility index (Phi) is 6.58. The summed E-state index contributed by atoms with van der Waals surface area (Å²) in [5.74, 6) is 0.271. The van der Waals surface area contributed by atoms with Crippen LogP contribution < -0.4 is 16.0 Å². The van der Waals surface area contributed by atoms with Gasteiger partial charge in [0.2, 0.25) is 11.8 Å². The first kappa shape index (κ1) is 21.4. The first-order chi connectivity index (χ1) is 15.0. The van der Waals surface area contributed by atoms with E-state index in [9.17, 15) is 14.4 Å². The van der Waals surface area contributed by atoms with E-state index in [0.717, 1.165) is 51.1 Å². The van der Waals surface area contributed by atoms with Gasteiger partial charge in [-0.2, -0.15) is 0 Å². The van der Waals surface area contributed by atoms with Gasteiger partial charge in [-0.25, -0.2) is 9.78 Å². The van der Waals surface area contributed by atoms with Gasteiger partial charge in [-0.05, 0) is 50.7 Å². The van der Waals surface area contributed by atoms with Gasteiger partial charge >= 0.3 is 6.03 Å². The van der Waals surface area contributed by atoms with Crippen LogP contribution in [0.25, 0.3) is 0 Å². The van der Waals surface area contributed by atoms with Crippen molar-refractivity contribution in [1.82, 2.24) is 14.8 Å². The Morgan fingerprint density at radius 2 is 1.61 bits per heavy atom. The molecular formula is C22H32N6O3. The highest BCUT2D eigenvalue weighted by molar-refractivity contribution is 5.92. The van der Waals surface area contributed by atoms with Gasteiger partial charge in [-0.15, -0.1) is 0 Å². The summed E-state index contributed by atoms with van der Waals surface area (Å²) in [5, 5.41) is 2.96. The third-order valence-corrected chi connectivity index (χ3v) is 6.68. The molecule has 0 radical (unpaired) electrons. The van der Waals surface area contributed by atoms with Gasteiger partial charge in [0, 0.05) is 45.2 Å². The maximum atomic E-state index is 12.7. The fraction of sp³-hybridized carbons (Fsp3) is 0.636. The molecule has 9 heteroatoms. The van der Waals surface area contributed by atoms with E-state index in [0.29, 0.717) is 38.2 Å². The number of nitrogens with zero attached hydrogens (tertiary/aromatic N) is 4. The molecule has 4 rings (SSSR count). The van der Waals surface area contributed by atoms with Gasteiger partial charge in [0.15, 0.2) is 0 Å². The average Bonchev–Trinajstić information content (AvgIpc) is 3.34. The number of piperidine rings is 2. The number of hydrogen-bond donors (Lipinski definition) is 2. The molecule has 0 spiro atoms. The number of primary amides is 1. The lowest BCUT2D eigenvalue weighted by atomic mass is 9.96. The number of rotatable bonds is 4. The van der Waals surface area contributed by atoms with Crippen LogP contribution in [0.5, 0.6) is 0 Å². The highest BCUT2D eigenvalue weighted by Gasteiger charge is 2.30. The van der Waals surface area contributed by atoms with Crippen LogP contribution in [0.1, 0.15) is 38.5 Å². The van der Waals surface area contributed by atoms with Crippen molar-refractivity contribution in [2.75, 3.05) is 49.5 Å². The Hall–Kier alpha value is -2.84. The van der Waals surface area contributed by atoms with Crippen molar-refractivity contribution in [2.24, 2.45) is 17.6 Å². The predicted molar refractivity (Wildman–Crippen MR) is 117 cm³/mol. The quantitative estimate of drug-likeness (QED) is 0.757. The molecule has 3 aliphatic heterocycles. The molecule has 31 heavy (non-hydrogen) atoms. The number of carbonyl (C=O) groups excluding carboxylic acids is 3. The normalized spacial score (nSPS) is 22.5. The molecule has 1 atom stereocenters. The van der Waals surface area contributed by atoms with E-state index in [4.69, 9.17) is 5.73 Å². The van der Waals surface area contributed by atoms with Crippen molar-refractivity contribution < 1.29 is 14.4 Å². The number of carbonyl (C=O) groups is 3. The zero-order valence-electron chi connectivity index (χ0n) is 18.0. The summed E-state index contributed by atoms with van der Waals surface area (Å²) in [4.78, 5) is 47.0. The Labute approximate surface area is 182 Å². The van der Waals surface area contributed by atoms with Gasteiger partial charge < -0.3 is 25.8 Å². The topological polar surface area (TPSA) is 112 Å². The molecular weight excluding hydrogens is 396 g/mol. The molecule has 4 amide bonds. The van der Waals surface area contributed by atoms with E-state index < -0.39 is 0 Å². The van der Waals surface area contributed by atoms with E-state index in [1.54, 1.807) is 6.20 Å². The third-order valence-electron chi connectivity index (χ3n) is 6.68. The Morgan fingerprint density at radius 1 is 0.903 bits per heavy atom. The van der Waals surface area contributed by atoms with Crippen LogP contribution in [0, 0.1) is 11.8 Å². The third kappa shape index (κ3) is 5.08. The first-order valence-electron chi connectivity index (χ1n) is 11.4. The van der Waals surface area contributed by atoms with Gasteiger partial charge in [0.1, 0.15) is 5.82 Å². The summed E-state index contributed by atoms with van der Waals surface area (Å²) in [6.45, 7) is 4.38. The van der Waals surface area contributed by atoms with E-state index in [1.807, 2.05) is 21.9 Å². The molecule has 4 heterocycles. The van der Waals surface area contributed by atoms with Gasteiger partial charge in [-0.1, -0.05) is 0 Å². The molecule has 3 saturated heterocycles. The maximum Gasteiger partial charge on any atom is 0.319 e. The molecule has 168 valence electrons. The van der Waals surface area contributed by atoms with E-state index in [-0.39, 0.29) is 29.7 Å². The second-order valence-corrected chi connectivity index (χ2v) is 8.82. The second kappa shape index (κ2) is 9.53. The highest BCUT2D eigenvalue weighted by atomic mass is 16.2. The number of amides is 4.